The maximum atomic E-state index is 12.4. The van der Waals surface area contributed by atoms with E-state index in [1.165, 1.54) is 11.3 Å². The fourth-order valence-corrected chi connectivity index (χ4v) is 2.86. The summed E-state index contributed by atoms with van der Waals surface area (Å²) >= 11 is 1.50. The molecule has 0 aliphatic carbocycles. The van der Waals surface area contributed by atoms with Crippen LogP contribution in [0.1, 0.15) is 30.4 Å². The number of carbonyl (C=O) groups is 1. The Morgan fingerprint density at radius 3 is 2.55 bits per heavy atom. The van der Waals surface area contributed by atoms with E-state index in [9.17, 15) is 9.90 Å². The minimum Gasteiger partial charge on any atom is -0.386 e. The summed E-state index contributed by atoms with van der Waals surface area (Å²) in [6.07, 6.45) is 0.961. The lowest BCUT2D eigenvalue weighted by Crippen LogP contribution is -2.33. The average molecular weight is 315 g/mol. The lowest BCUT2D eigenvalue weighted by atomic mass is 10.2. The van der Waals surface area contributed by atoms with Gasteiger partial charge in [0.05, 0.1) is 6.54 Å². The number of carbonyl (C=O) groups excluding carboxylic acids is 1. The van der Waals surface area contributed by atoms with E-state index in [0.29, 0.717) is 6.54 Å². The molecule has 1 atom stereocenters. The van der Waals surface area contributed by atoms with Crippen LogP contribution in [-0.2, 0) is 11.3 Å². The zero-order valence-corrected chi connectivity index (χ0v) is 13.7. The molecule has 1 N–H and O–H groups in total. The number of nitrogens with zero attached hydrogens (tertiary/aromatic N) is 1. The van der Waals surface area contributed by atoms with Gasteiger partial charge in [0.25, 0.3) is 0 Å². The second-order valence-corrected chi connectivity index (χ2v) is 6.44. The smallest absolute Gasteiger partial charge is 0.246 e. The fraction of sp³-hybridized carbons (Fsp3) is 0.278. The standard InChI is InChI=1S/C18H21NO2S/c1-14(2)11-18(21)19(12-15-7-4-3-5-8-15)13-16(20)17-9-6-10-22-17/h3-11,16,20H,12-13H2,1-2H3. The number of hydrogen-bond acceptors (Lipinski definition) is 3. The van der Waals surface area contributed by atoms with Gasteiger partial charge in [-0.2, -0.15) is 0 Å². The van der Waals surface area contributed by atoms with Crippen LogP contribution >= 0.6 is 11.3 Å². The molecule has 22 heavy (non-hydrogen) atoms. The molecule has 0 saturated carbocycles. The first-order chi connectivity index (χ1) is 10.6. The third-order valence-electron chi connectivity index (χ3n) is 3.21. The molecule has 1 unspecified atom stereocenters. The Hall–Kier alpha value is -1.91. The molecule has 2 rings (SSSR count). The topological polar surface area (TPSA) is 40.5 Å². The number of thiophene rings is 1. The molecular formula is C18H21NO2S. The Balaban J connectivity index is 2.14. The summed E-state index contributed by atoms with van der Waals surface area (Å²) in [5.41, 5.74) is 2.00. The Bertz CT molecular complexity index is 616. The maximum Gasteiger partial charge on any atom is 0.246 e. The molecule has 0 saturated heterocycles. The summed E-state index contributed by atoms with van der Waals surface area (Å²) in [5, 5.41) is 12.3. The highest BCUT2D eigenvalue weighted by Crippen LogP contribution is 2.21. The molecule has 0 aliphatic rings. The van der Waals surface area contributed by atoms with Gasteiger partial charge in [-0.05, 0) is 30.9 Å². The van der Waals surface area contributed by atoms with Crippen LogP contribution in [0.25, 0.3) is 0 Å². The molecule has 0 aliphatic heterocycles. The van der Waals surface area contributed by atoms with Crippen molar-refractivity contribution in [2.24, 2.45) is 0 Å². The normalized spacial score (nSPS) is 11.8. The fourth-order valence-electron chi connectivity index (χ4n) is 2.15. The van der Waals surface area contributed by atoms with E-state index in [1.54, 1.807) is 11.0 Å². The molecule has 3 nitrogen and oxygen atoms in total. The lowest BCUT2D eigenvalue weighted by molar-refractivity contribution is -0.128. The van der Waals surface area contributed by atoms with Gasteiger partial charge in [-0.1, -0.05) is 42.0 Å². The number of rotatable bonds is 6. The Labute approximate surface area is 135 Å². The Kier molecular flexibility index (Phi) is 5.92. The second-order valence-electron chi connectivity index (χ2n) is 5.46. The second kappa shape index (κ2) is 7.92. The average Bonchev–Trinajstić information content (AvgIpc) is 3.01. The van der Waals surface area contributed by atoms with Crippen LogP contribution in [-0.4, -0.2) is 22.5 Å². The highest BCUT2D eigenvalue weighted by atomic mass is 32.1. The highest BCUT2D eigenvalue weighted by Gasteiger charge is 2.18. The van der Waals surface area contributed by atoms with E-state index in [0.717, 1.165) is 16.0 Å². The first-order valence-electron chi connectivity index (χ1n) is 7.25. The summed E-state index contributed by atoms with van der Waals surface area (Å²) in [6.45, 7) is 4.58. The van der Waals surface area contributed by atoms with Crippen LogP contribution in [0.3, 0.4) is 0 Å². The molecule has 0 spiro atoms. The number of benzene rings is 1. The highest BCUT2D eigenvalue weighted by molar-refractivity contribution is 7.10. The molecule has 0 fully saturated rings. The Morgan fingerprint density at radius 1 is 1.23 bits per heavy atom. The first kappa shape index (κ1) is 16.5. The minimum absolute atomic E-state index is 0.0699. The molecule has 1 heterocycles. The van der Waals surface area contributed by atoms with Crippen molar-refractivity contribution in [1.29, 1.82) is 0 Å². The van der Waals surface area contributed by atoms with Gasteiger partial charge < -0.3 is 10.0 Å². The molecule has 1 amide bonds. The van der Waals surface area contributed by atoms with Crippen molar-refractivity contribution in [3.8, 4) is 0 Å². The van der Waals surface area contributed by atoms with Crippen LogP contribution in [0, 0.1) is 0 Å². The third-order valence-corrected chi connectivity index (χ3v) is 4.18. The van der Waals surface area contributed by atoms with Gasteiger partial charge in [-0.15, -0.1) is 11.3 Å². The quantitative estimate of drug-likeness (QED) is 0.824. The number of hydrogen-bond donors (Lipinski definition) is 1. The summed E-state index contributed by atoms with van der Waals surface area (Å²) in [4.78, 5) is 15.0. The number of aliphatic hydroxyl groups is 1. The van der Waals surface area contributed by atoms with Gasteiger partial charge in [0.1, 0.15) is 6.10 Å². The van der Waals surface area contributed by atoms with Crippen molar-refractivity contribution in [3.63, 3.8) is 0 Å². The maximum absolute atomic E-state index is 12.4. The molecule has 1 aromatic carbocycles. The zero-order valence-electron chi connectivity index (χ0n) is 12.9. The predicted molar refractivity (Wildman–Crippen MR) is 90.6 cm³/mol. The SMILES string of the molecule is CC(C)=CC(=O)N(Cc1ccccc1)CC(O)c1cccs1. The lowest BCUT2D eigenvalue weighted by Gasteiger charge is -2.24. The van der Waals surface area contributed by atoms with Crippen LogP contribution in [0.15, 0.2) is 59.5 Å². The van der Waals surface area contributed by atoms with E-state index in [1.807, 2.05) is 61.7 Å². The van der Waals surface area contributed by atoms with Crippen molar-refractivity contribution in [2.75, 3.05) is 6.54 Å². The summed E-state index contributed by atoms with van der Waals surface area (Å²) in [6, 6.07) is 13.6. The van der Waals surface area contributed by atoms with Crippen molar-refractivity contribution in [2.45, 2.75) is 26.5 Å². The van der Waals surface area contributed by atoms with Gasteiger partial charge in [0.15, 0.2) is 0 Å². The zero-order chi connectivity index (χ0) is 15.9. The Morgan fingerprint density at radius 2 is 1.95 bits per heavy atom. The van der Waals surface area contributed by atoms with E-state index >= 15 is 0 Å². The molecule has 1 aromatic heterocycles. The summed E-state index contributed by atoms with van der Waals surface area (Å²) < 4.78 is 0. The predicted octanol–water partition coefficient (Wildman–Crippen LogP) is 3.78. The van der Waals surface area contributed by atoms with Gasteiger partial charge in [-0.3, -0.25) is 4.79 Å². The van der Waals surface area contributed by atoms with E-state index in [2.05, 4.69) is 0 Å². The van der Waals surface area contributed by atoms with Gasteiger partial charge >= 0.3 is 0 Å². The largest absolute Gasteiger partial charge is 0.386 e. The van der Waals surface area contributed by atoms with Crippen molar-refractivity contribution >= 4 is 17.2 Å². The van der Waals surface area contributed by atoms with Crippen molar-refractivity contribution < 1.29 is 9.90 Å². The number of aliphatic hydroxyl groups excluding tert-OH is 1. The third kappa shape index (κ3) is 4.83. The molecule has 2 aromatic rings. The van der Waals surface area contributed by atoms with Gasteiger partial charge in [-0.25, -0.2) is 0 Å². The van der Waals surface area contributed by atoms with Crippen LogP contribution in [0.2, 0.25) is 0 Å². The van der Waals surface area contributed by atoms with Gasteiger partial charge in [0, 0.05) is 17.5 Å². The van der Waals surface area contributed by atoms with Crippen LogP contribution < -0.4 is 0 Å². The van der Waals surface area contributed by atoms with E-state index in [-0.39, 0.29) is 12.5 Å². The minimum atomic E-state index is -0.654. The van der Waals surface area contributed by atoms with Gasteiger partial charge in [0.2, 0.25) is 5.91 Å². The van der Waals surface area contributed by atoms with E-state index in [4.69, 9.17) is 0 Å². The molecule has 116 valence electrons. The molecule has 0 radical (unpaired) electrons. The molecule has 4 heteroatoms. The summed E-state index contributed by atoms with van der Waals surface area (Å²) in [5.74, 6) is -0.0699. The van der Waals surface area contributed by atoms with Crippen molar-refractivity contribution in [3.05, 3.63) is 69.9 Å². The monoisotopic (exact) mass is 315 g/mol. The van der Waals surface area contributed by atoms with Crippen molar-refractivity contribution in [1.82, 2.24) is 4.90 Å². The molecular weight excluding hydrogens is 294 g/mol. The number of allylic oxidation sites excluding steroid dienone is 1. The summed E-state index contributed by atoms with van der Waals surface area (Å²) in [7, 11) is 0. The molecule has 0 bridgehead atoms. The first-order valence-corrected chi connectivity index (χ1v) is 8.13. The van der Waals surface area contributed by atoms with Crippen LogP contribution in [0.5, 0.6) is 0 Å². The van der Waals surface area contributed by atoms with E-state index < -0.39 is 6.10 Å². The number of amides is 1. The van der Waals surface area contributed by atoms with Crippen LogP contribution in [0.4, 0.5) is 0 Å².